The zero-order valence-electron chi connectivity index (χ0n) is 14.3. The average Bonchev–Trinajstić information content (AvgIpc) is 2.67. The quantitative estimate of drug-likeness (QED) is 0.865. The van der Waals surface area contributed by atoms with Crippen LogP contribution in [0.25, 0.3) is 0 Å². The summed E-state index contributed by atoms with van der Waals surface area (Å²) in [5, 5.41) is 2.93. The molecular weight excluding hydrogens is 300 g/mol. The SMILES string of the molecule is NCCNC(=O)C1CCC(N2CCCN=C2c2ccccc2)CC1. The van der Waals surface area contributed by atoms with Crippen LogP contribution in [0, 0.1) is 5.92 Å². The molecule has 0 aromatic heterocycles. The van der Waals surface area contributed by atoms with E-state index in [9.17, 15) is 4.79 Å². The van der Waals surface area contributed by atoms with E-state index in [1.54, 1.807) is 0 Å². The number of aliphatic imine (C=N–C) groups is 1. The van der Waals surface area contributed by atoms with Gasteiger partial charge in [-0.25, -0.2) is 0 Å². The number of carbonyl (C=O) groups excluding carboxylic acids is 1. The first-order valence-corrected chi connectivity index (χ1v) is 9.14. The van der Waals surface area contributed by atoms with Crippen molar-refractivity contribution < 1.29 is 4.79 Å². The van der Waals surface area contributed by atoms with Crippen molar-refractivity contribution in [2.24, 2.45) is 16.6 Å². The highest BCUT2D eigenvalue weighted by Crippen LogP contribution is 2.30. The van der Waals surface area contributed by atoms with Gasteiger partial charge < -0.3 is 16.0 Å². The van der Waals surface area contributed by atoms with E-state index in [1.807, 2.05) is 6.07 Å². The first kappa shape index (κ1) is 17.0. The van der Waals surface area contributed by atoms with Crippen molar-refractivity contribution in [3.63, 3.8) is 0 Å². The van der Waals surface area contributed by atoms with E-state index in [2.05, 4.69) is 34.5 Å². The normalized spacial score (nSPS) is 24.4. The lowest BCUT2D eigenvalue weighted by molar-refractivity contribution is -0.126. The summed E-state index contributed by atoms with van der Waals surface area (Å²) in [7, 11) is 0. The summed E-state index contributed by atoms with van der Waals surface area (Å²) in [6.07, 6.45) is 5.16. The lowest BCUT2D eigenvalue weighted by Crippen LogP contribution is -2.46. The fourth-order valence-electron chi connectivity index (χ4n) is 3.81. The summed E-state index contributed by atoms with van der Waals surface area (Å²) in [6, 6.07) is 11.0. The molecule has 0 saturated heterocycles. The predicted octanol–water partition coefficient (Wildman–Crippen LogP) is 1.77. The average molecular weight is 328 g/mol. The van der Waals surface area contributed by atoms with E-state index in [0.717, 1.165) is 51.0 Å². The molecule has 1 aromatic carbocycles. The second-order valence-corrected chi connectivity index (χ2v) is 6.70. The number of nitrogens with two attached hydrogens (primary N) is 1. The number of amides is 1. The monoisotopic (exact) mass is 328 g/mol. The standard InChI is InChI=1S/C19H28N4O/c20-11-13-22-19(24)16-7-9-17(10-8-16)23-14-4-12-21-18(23)15-5-2-1-3-6-15/h1-3,5-6,16-17H,4,7-14,20H2,(H,22,24). The number of benzene rings is 1. The van der Waals surface area contributed by atoms with Crippen LogP contribution in [0.5, 0.6) is 0 Å². The van der Waals surface area contributed by atoms with Crippen LogP contribution in [0.3, 0.4) is 0 Å². The maximum Gasteiger partial charge on any atom is 0.223 e. The smallest absolute Gasteiger partial charge is 0.223 e. The van der Waals surface area contributed by atoms with Gasteiger partial charge in [-0.05, 0) is 32.1 Å². The Kier molecular flexibility index (Phi) is 5.86. The van der Waals surface area contributed by atoms with Crippen LogP contribution in [0.15, 0.2) is 35.3 Å². The molecule has 2 aliphatic rings. The van der Waals surface area contributed by atoms with Crippen LogP contribution >= 0.6 is 0 Å². The summed E-state index contributed by atoms with van der Waals surface area (Å²) in [5.41, 5.74) is 6.67. The Hall–Kier alpha value is -1.88. The van der Waals surface area contributed by atoms with Crippen molar-refractivity contribution in [1.29, 1.82) is 0 Å². The molecule has 1 amide bonds. The Bertz CT molecular complexity index is 564. The minimum Gasteiger partial charge on any atom is -0.355 e. The molecule has 1 fully saturated rings. The lowest BCUT2D eigenvalue weighted by Gasteiger charge is -2.40. The third-order valence-corrected chi connectivity index (χ3v) is 5.07. The van der Waals surface area contributed by atoms with E-state index < -0.39 is 0 Å². The fourth-order valence-corrected chi connectivity index (χ4v) is 3.81. The Morgan fingerprint density at radius 1 is 1.21 bits per heavy atom. The highest BCUT2D eigenvalue weighted by Gasteiger charge is 2.31. The molecule has 0 atom stereocenters. The van der Waals surface area contributed by atoms with E-state index in [0.29, 0.717) is 19.1 Å². The zero-order chi connectivity index (χ0) is 16.8. The molecule has 1 saturated carbocycles. The number of nitrogens with one attached hydrogen (secondary N) is 1. The van der Waals surface area contributed by atoms with E-state index >= 15 is 0 Å². The van der Waals surface area contributed by atoms with Crippen molar-refractivity contribution >= 4 is 11.7 Å². The van der Waals surface area contributed by atoms with Gasteiger partial charge in [0.1, 0.15) is 5.84 Å². The largest absolute Gasteiger partial charge is 0.355 e. The topological polar surface area (TPSA) is 70.7 Å². The maximum atomic E-state index is 12.1. The van der Waals surface area contributed by atoms with Crippen LogP contribution in [0.2, 0.25) is 0 Å². The molecule has 24 heavy (non-hydrogen) atoms. The van der Waals surface area contributed by atoms with Gasteiger partial charge in [0.2, 0.25) is 5.91 Å². The van der Waals surface area contributed by atoms with Crippen LogP contribution in [-0.4, -0.2) is 48.9 Å². The van der Waals surface area contributed by atoms with Crippen molar-refractivity contribution in [3.05, 3.63) is 35.9 Å². The van der Waals surface area contributed by atoms with Gasteiger partial charge in [-0.3, -0.25) is 9.79 Å². The number of hydrogen-bond acceptors (Lipinski definition) is 4. The Morgan fingerprint density at radius 2 is 1.96 bits per heavy atom. The molecule has 1 aliphatic carbocycles. The Morgan fingerprint density at radius 3 is 2.67 bits per heavy atom. The highest BCUT2D eigenvalue weighted by atomic mass is 16.1. The van der Waals surface area contributed by atoms with Gasteiger partial charge in [-0.2, -0.15) is 0 Å². The zero-order valence-corrected chi connectivity index (χ0v) is 14.3. The lowest BCUT2D eigenvalue weighted by atomic mass is 9.84. The number of nitrogens with zero attached hydrogens (tertiary/aromatic N) is 2. The molecule has 0 spiro atoms. The molecule has 1 heterocycles. The van der Waals surface area contributed by atoms with Crippen LogP contribution in [0.4, 0.5) is 0 Å². The molecular formula is C19H28N4O. The molecule has 5 nitrogen and oxygen atoms in total. The fraction of sp³-hybridized carbons (Fsp3) is 0.579. The molecule has 0 bridgehead atoms. The van der Waals surface area contributed by atoms with Gasteiger partial charge in [0, 0.05) is 43.7 Å². The van der Waals surface area contributed by atoms with E-state index in [-0.39, 0.29) is 11.8 Å². The first-order valence-electron chi connectivity index (χ1n) is 9.14. The summed E-state index contributed by atoms with van der Waals surface area (Å²) in [5.74, 6) is 1.46. The van der Waals surface area contributed by atoms with Gasteiger partial charge >= 0.3 is 0 Å². The van der Waals surface area contributed by atoms with Crippen molar-refractivity contribution in [2.45, 2.75) is 38.1 Å². The Labute approximate surface area is 144 Å². The number of hydrogen-bond donors (Lipinski definition) is 2. The molecule has 1 aliphatic heterocycles. The molecule has 1 aromatic rings. The summed E-state index contributed by atoms with van der Waals surface area (Å²) in [4.78, 5) is 19.4. The molecule has 0 unspecified atom stereocenters. The van der Waals surface area contributed by atoms with Crippen LogP contribution < -0.4 is 11.1 Å². The Balaban J connectivity index is 1.62. The third-order valence-electron chi connectivity index (χ3n) is 5.07. The molecule has 3 N–H and O–H groups in total. The second-order valence-electron chi connectivity index (χ2n) is 6.70. The van der Waals surface area contributed by atoms with E-state index in [1.165, 1.54) is 5.56 Å². The van der Waals surface area contributed by atoms with Crippen molar-refractivity contribution in [1.82, 2.24) is 10.2 Å². The van der Waals surface area contributed by atoms with Gasteiger partial charge in [0.15, 0.2) is 0 Å². The van der Waals surface area contributed by atoms with Gasteiger partial charge in [-0.1, -0.05) is 30.3 Å². The molecule has 5 heteroatoms. The molecule has 0 radical (unpaired) electrons. The number of amidine groups is 1. The maximum absolute atomic E-state index is 12.1. The minimum atomic E-state index is 0.148. The second kappa shape index (κ2) is 8.29. The highest BCUT2D eigenvalue weighted by molar-refractivity contribution is 5.99. The number of carbonyl (C=O) groups is 1. The predicted molar refractivity (Wildman–Crippen MR) is 97.0 cm³/mol. The molecule has 3 rings (SSSR count). The summed E-state index contributed by atoms with van der Waals surface area (Å²) < 4.78 is 0. The van der Waals surface area contributed by atoms with Crippen molar-refractivity contribution in [3.8, 4) is 0 Å². The van der Waals surface area contributed by atoms with Gasteiger partial charge in [0.25, 0.3) is 0 Å². The van der Waals surface area contributed by atoms with Gasteiger partial charge in [0.05, 0.1) is 0 Å². The minimum absolute atomic E-state index is 0.148. The summed E-state index contributed by atoms with van der Waals surface area (Å²) in [6.45, 7) is 3.07. The first-order chi connectivity index (χ1) is 11.8. The van der Waals surface area contributed by atoms with Crippen LogP contribution in [-0.2, 0) is 4.79 Å². The van der Waals surface area contributed by atoms with E-state index in [4.69, 9.17) is 10.7 Å². The third kappa shape index (κ3) is 3.96. The van der Waals surface area contributed by atoms with Crippen molar-refractivity contribution in [2.75, 3.05) is 26.2 Å². The summed E-state index contributed by atoms with van der Waals surface area (Å²) >= 11 is 0. The molecule has 130 valence electrons. The van der Waals surface area contributed by atoms with Gasteiger partial charge in [-0.15, -0.1) is 0 Å². The van der Waals surface area contributed by atoms with Crippen LogP contribution in [0.1, 0.15) is 37.7 Å². The number of rotatable bonds is 5.